The third-order valence-electron chi connectivity index (χ3n) is 3.71. The SMILES string of the molecule is C=C/C=C(\C=C)C(=O)Nc1cccc(Oc2ncnc3ccn(C)c23)c1. The van der Waals surface area contributed by atoms with E-state index < -0.39 is 0 Å². The zero-order chi connectivity index (χ0) is 18.5. The van der Waals surface area contributed by atoms with E-state index >= 15 is 0 Å². The van der Waals surface area contributed by atoms with Gasteiger partial charge in [-0.3, -0.25) is 4.79 Å². The van der Waals surface area contributed by atoms with E-state index in [1.165, 1.54) is 18.5 Å². The molecule has 0 aliphatic carbocycles. The largest absolute Gasteiger partial charge is 0.437 e. The van der Waals surface area contributed by atoms with Crippen LogP contribution in [0.5, 0.6) is 11.6 Å². The van der Waals surface area contributed by atoms with Gasteiger partial charge in [-0.1, -0.05) is 37.5 Å². The van der Waals surface area contributed by atoms with E-state index in [2.05, 4.69) is 28.4 Å². The summed E-state index contributed by atoms with van der Waals surface area (Å²) in [6.07, 6.45) is 7.96. The molecule has 0 aliphatic heterocycles. The highest BCUT2D eigenvalue weighted by atomic mass is 16.5. The third-order valence-corrected chi connectivity index (χ3v) is 3.71. The van der Waals surface area contributed by atoms with Gasteiger partial charge < -0.3 is 14.6 Å². The normalized spacial score (nSPS) is 11.2. The molecule has 0 atom stereocenters. The summed E-state index contributed by atoms with van der Waals surface area (Å²) in [6, 6.07) is 8.98. The van der Waals surface area contributed by atoms with E-state index in [4.69, 9.17) is 4.74 Å². The van der Waals surface area contributed by atoms with Crippen LogP contribution in [0.3, 0.4) is 0 Å². The van der Waals surface area contributed by atoms with Gasteiger partial charge in [0.1, 0.15) is 17.6 Å². The molecule has 2 heterocycles. The quantitative estimate of drug-likeness (QED) is 0.541. The fraction of sp³-hybridized carbons (Fsp3) is 0.0500. The number of anilines is 1. The number of carbonyl (C=O) groups excluding carboxylic acids is 1. The van der Waals surface area contributed by atoms with Gasteiger partial charge >= 0.3 is 0 Å². The molecular weight excluding hydrogens is 328 g/mol. The highest BCUT2D eigenvalue weighted by Crippen LogP contribution is 2.28. The van der Waals surface area contributed by atoms with Crippen LogP contribution in [0.15, 0.2) is 79.8 Å². The Hall–Kier alpha value is -3.67. The average molecular weight is 346 g/mol. The Morgan fingerprint density at radius 1 is 1.27 bits per heavy atom. The van der Waals surface area contributed by atoms with Gasteiger partial charge in [0.25, 0.3) is 5.91 Å². The predicted octanol–water partition coefficient (Wildman–Crippen LogP) is 4.00. The molecule has 0 aliphatic rings. The zero-order valence-electron chi connectivity index (χ0n) is 14.3. The van der Waals surface area contributed by atoms with Crippen molar-refractivity contribution in [3.8, 4) is 11.6 Å². The fourth-order valence-electron chi connectivity index (χ4n) is 2.48. The van der Waals surface area contributed by atoms with Crippen molar-refractivity contribution in [1.29, 1.82) is 0 Å². The molecule has 3 aromatic rings. The molecule has 1 amide bonds. The molecule has 6 nitrogen and oxygen atoms in total. The number of nitrogens with one attached hydrogen (secondary N) is 1. The molecule has 0 radical (unpaired) electrons. The van der Waals surface area contributed by atoms with Crippen molar-refractivity contribution in [3.63, 3.8) is 0 Å². The first-order valence-corrected chi connectivity index (χ1v) is 7.93. The van der Waals surface area contributed by atoms with Crippen LogP contribution in [0, 0.1) is 0 Å². The van der Waals surface area contributed by atoms with Crippen LogP contribution in [-0.2, 0) is 11.8 Å². The van der Waals surface area contributed by atoms with E-state index in [0.29, 0.717) is 22.9 Å². The second kappa shape index (κ2) is 7.48. The highest BCUT2D eigenvalue weighted by molar-refractivity contribution is 6.05. The summed E-state index contributed by atoms with van der Waals surface area (Å²) in [7, 11) is 1.90. The smallest absolute Gasteiger partial charge is 0.255 e. The van der Waals surface area contributed by atoms with Crippen molar-refractivity contribution >= 4 is 22.6 Å². The molecule has 26 heavy (non-hydrogen) atoms. The van der Waals surface area contributed by atoms with E-state index in [1.54, 1.807) is 30.3 Å². The molecule has 0 bridgehead atoms. The molecule has 1 aromatic carbocycles. The number of benzene rings is 1. The lowest BCUT2D eigenvalue weighted by molar-refractivity contribution is -0.112. The Morgan fingerprint density at radius 2 is 2.12 bits per heavy atom. The molecule has 1 N–H and O–H groups in total. The Labute approximate surface area is 151 Å². The van der Waals surface area contributed by atoms with Gasteiger partial charge in [-0.15, -0.1) is 0 Å². The van der Waals surface area contributed by atoms with Crippen LogP contribution in [0.4, 0.5) is 5.69 Å². The summed E-state index contributed by atoms with van der Waals surface area (Å²) in [4.78, 5) is 20.7. The van der Waals surface area contributed by atoms with E-state index in [9.17, 15) is 4.79 Å². The van der Waals surface area contributed by atoms with Gasteiger partial charge in [0, 0.05) is 30.6 Å². The third kappa shape index (κ3) is 3.54. The first-order valence-electron chi connectivity index (χ1n) is 7.93. The number of amides is 1. The number of hydrogen-bond acceptors (Lipinski definition) is 4. The maximum Gasteiger partial charge on any atom is 0.255 e. The van der Waals surface area contributed by atoms with Gasteiger partial charge in [0.2, 0.25) is 5.88 Å². The second-order valence-electron chi connectivity index (χ2n) is 5.49. The Kier molecular flexibility index (Phi) is 4.94. The maximum absolute atomic E-state index is 12.2. The second-order valence-corrected chi connectivity index (χ2v) is 5.49. The van der Waals surface area contributed by atoms with E-state index in [-0.39, 0.29) is 5.91 Å². The number of aromatic nitrogens is 3. The Bertz CT molecular complexity index is 1020. The Balaban J connectivity index is 1.84. The highest BCUT2D eigenvalue weighted by Gasteiger charge is 2.11. The number of hydrogen-bond donors (Lipinski definition) is 1. The summed E-state index contributed by atoms with van der Waals surface area (Å²) < 4.78 is 7.81. The van der Waals surface area contributed by atoms with Crippen LogP contribution in [0.1, 0.15) is 0 Å². The lowest BCUT2D eigenvalue weighted by Crippen LogP contribution is -2.13. The number of allylic oxidation sites excluding steroid dienone is 2. The minimum absolute atomic E-state index is 0.274. The van der Waals surface area contributed by atoms with Crippen molar-refractivity contribution in [2.45, 2.75) is 0 Å². The molecule has 6 heteroatoms. The van der Waals surface area contributed by atoms with Crippen molar-refractivity contribution in [2.24, 2.45) is 7.05 Å². The molecule has 0 spiro atoms. The van der Waals surface area contributed by atoms with Gasteiger partial charge in [-0.05, 0) is 18.2 Å². The predicted molar refractivity (Wildman–Crippen MR) is 102 cm³/mol. The first-order chi connectivity index (χ1) is 12.6. The van der Waals surface area contributed by atoms with Crippen molar-refractivity contribution in [2.75, 3.05) is 5.32 Å². The number of ether oxygens (including phenoxy) is 1. The van der Waals surface area contributed by atoms with Crippen LogP contribution in [0.25, 0.3) is 11.0 Å². The van der Waals surface area contributed by atoms with E-state index in [0.717, 1.165) is 11.0 Å². The van der Waals surface area contributed by atoms with Crippen LogP contribution in [0.2, 0.25) is 0 Å². The molecule has 0 saturated carbocycles. The van der Waals surface area contributed by atoms with Crippen molar-refractivity contribution in [3.05, 3.63) is 79.8 Å². The van der Waals surface area contributed by atoms with Gasteiger partial charge in [0.05, 0.1) is 5.52 Å². The lowest BCUT2D eigenvalue weighted by atomic mass is 10.2. The standard InChI is InChI=1S/C20H18N4O2/c1-4-7-14(5-2)19(25)23-15-8-6-9-16(12-15)26-20-18-17(21-13-22-20)10-11-24(18)3/h4-13H,1-2H2,3H3,(H,23,25)/b14-7+. The van der Waals surface area contributed by atoms with Crippen LogP contribution < -0.4 is 10.1 Å². The van der Waals surface area contributed by atoms with Gasteiger partial charge in [0.15, 0.2) is 0 Å². The van der Waals surface area contributed by atoms with Crippen LogP contribution >= 0.6 is 0 Å². The molecule has 0 fully saturated rings. The minimum atomic E-state index is -0.274. The summed E-state index contributed by atoms with van der Waals surface area (Å²) in [5, 5.41) is 2.80. The summed E-state index contributed by atoms with van der Waals surface area (Å²) in [5.41, 5.74) is 2.62. The Morgan fingerprint density at radius 3 is 2.88 bits per heavy atom. The van der Waals surface area contributed by atoms with Crippen molar-refractivity contribution in [1.82, 2.24) is 14.5 Å². The zero-order valence-corrected chi connectivity index (χ0v) is 14.3. The molecule has 2 aromatic heterocycles. The maximum atomic E-state index is 12.2. The average Bonchev–Trinajstić information content (AvgIpc) is 3.02. The number of aryl methyl sites for hydroxylation is 1. The molecule has 130 valence electrons. The van der Waals surface area contributed by atoms with Gasteiger partial charge in [-0.25, -0.2) is 4.98 Å². The number of carbonyl (C=O) groups is 1. The fourth-order valence-corrected chi connectivity index (χ4v) is 2.48. The number of fused-ring (bicyclic) bond motifs is 1. The molecule has 0 unspecified atom stereocenters. The van der Waals surface area contributed by atoms with Crippen LogP contribution in [-0.4, -0.2) is 20.4 Å². The van der Waals surface area contributed by atoms with Crippen molar-refractivity contribution < 1.29 is 9.53 Å². The summed E-state index contributed by atoms with van der Waals surface area (Å²) in [5.74, 6) is 0.727. The molecule has 3 rings (SSSR count). The molecular formula is C20H18N4O2. The van der Waals surface area contributed by atoms with Gasteiger partial charge in [-0.2, -0.15) is 4.98 Å². The lowest BCUT2D eigenvalue weighted by Gasteiger charge is -2.10. The van der Waals surface area contributed by atoms with E-state index in [1.807, 2.05) is 23.9 Å². The summed E-state index contributed by atoms with van der Waals surface area (Å²) >= 11 is 0. The minimum Gasteiger partial charge on any atom is -0.437 e. The summed E-state index contributed by atoms with van der Waals surface area (Å²) in [6.45, 7) is 7.22. The molecule has 0 saturated heterocycles. The monoisotopic (exact) mass is 346 g/mol. The number of rotatable bonds is 6. The number of nitrogens with zero attached hydrogens (tertiary/aromatic N) is 3. The topological polar surface area (TPSA) is 69.0 Å². The first kappa shape index (κ1) is 17.2.